The summed E-state index contributed by atoms with van der Waals surface area (Å²) in [6.45, 7) is 2.55. The SMILES string of the molecule is Cc1ccc(Cn2cc(C(=O)NO)nn2)cc1. The molecule has 1 amide bonds. The number of rotatable bonds is 3. The van der Waals surface area contributed by atoms with Gasteiger partial charge in [-0.05, 0) is 12.5 Å². The lowest BCUT2D eigenvalue weighted by atomic mass is 10.1. The van der Waals surface area contributed by atoms with Crippen molar-refractivity contribution in [3.63, 3.8) is 0 Å². The van der Waals surface area contributed by atoms with E-state index in [0.29, 0.717) is 6.54 Å². The van der Waals surface area contributed by atoms with E-state index in [-0.39, 0.29) is 5.69 Å². The Morgan fingerprint density at radius 3 is 2.76 bits per heavy atom. The third-order valence-corrected chi connectivity index (χ3v) is 2.34. The summed E-state index contributed by atoms with van der Waals surface area (Å²) < 4.78 is 1.54. The topological polar surface area (TPSA) is 80.0 Å². The number of hydroxylamine groups is 1. The smallest absolute Gasteiger partial charge is 0.288 e. The molecule has 0 spiro atoms. The molecule has 1 heterocycles. The molecule has 2 rings (SSSR count). The van der Waals surface area contributed by atoms with Gasteiger partial charge < -0.3 is 0 Å². The van der Waals surface area contributed by atoms with Gasteiger partial charge >= 0.3 is 0 Å². The lowest BCUT2D eigenvalue weighted by molar-refractivity contribution is 0.0700. The van der Waals surface area contributed by atoms with Crippen molar-refractivity contribution < 1.29 is 10.0 Å². The van der Waals surface area contributed by atoms with E-state index in [1.807, 2.05) is 31.2 Å². The van der Waals surface area contributed by atoms with Gasteiger partial charge in [-0.1, -0.05) is 35.0 Å². The first-order chi connectivity index (χ1) is 8.19. The van der Waals surface area contributed by atoms with Crippen LogP contribution in [0.25, 0.3) is 0 Å². The second kappa shape index (κ2) is 4.75. The van der Waals surface area contributed by atoms with Gasteiger partial charge in [-0.25, -0.2) is 10.2 Å². The van der Waals surface area contributed by atoms with E-state index in [9.17, 15) is 4.79 Å². The summed E-state index contributed by atoms with van der Waals surface area (Å²) in [5, 5.41) is 15.9. The average Bonchev–Trinajstić information content (AvgIpc) is 2.80. The van der Waals surface area contributed by atoms with Crippen molar-refractivity contribution >= 4 is 5.91 Å². The maximum absolute atomic E-state index is 11.0. The summed E-state index contributed by atoms with van der Waals surface area (Å²) in [4.78, 5) is 11.0. The minimum atomic E-state index is -0.667. The highest BCUT2D eigenvalue weighted by atomic mass is 16.5. The first-order valence-electron chi connectivity index (χ1n) is 5.09. The van der Waals surface area contributed by atoms with Gasteiger partial charge in [0.2, 0.25) is 0 Å². The van der Waals surface area contributed by atoms with Crippen molar-refractivity contribution in [2.24, 2.45) is 0 Å². The summed E-state index contributed by atoms with van der Waals surface area (Å²) in [7, 11) is 0. The molecular weight excluding hydrogens is 220 g/mol. The number of nitrogens with one attached hydrogen (secondary N) is 1. The van der Waals surface area contributed by atoms with E-state index < -0.39 is 5.91 Å². The Labute approximate surface area is 97.8 Å². The summed E-state index contributed by atoms with van der Waals surface area (Å²) in [6.07, 6.45) is 1.48. The van der Waals surface area contributed by atoms with E-state index in [0.717, 1.165) is 5.56 Å². The molecule has 6 heteroatoms. The van der Waals surface area contributed by atoms with Crippen LogP contribution in [0, 0.1) is 6.92 Å². The van der Waals surface area contributed by atoms with Crippen molar-refractivity contribution in [2.45, 2.75) is 13.5 Å². The molecular formula is C11H12N4O2. The standard InChI is InChI=1S/C11H12N4O2/c1-8-2-4-9(5-3-8)6-15-7-10(12-14-15)11(16)13-17/h2-5,7,17H,6H2,1H3,(H,13,16). The van der Waals surface area contributed by atoms with Crippen molar-refractivity contribution in [3.05, 3.63) is 47.3 Å². The third-order valence-electron chi connectivity index (χ3n) is 2.34. The van der Waals surface area contributed by atoms with Gasteiger partial charge in [-0.15, -0.1) is 5.10 Å². The molecule has 0 saturated heterocycles. The summed E-state index contributed by atoms with van der Waals surface area (Å²) in [6, 6.07) is 7.99. The number of carbonyl (C=O) groups excluding carboxylic acids is 1. The molecule has 6 nitrogen and oxygen atoms in total. The van der Waals surface area contributed by atoms with Gasteiger partial charge in [0.25, 0.3) is 5.91 Å². The molecule has 0 atom stereocenters. The van der Waals surface area contributed by atoms with E-state index in [4.69, 9.17) is 5.21 Å². The Kier molecular flexibility index (Phi) is 3.15. The van der Waals surface area contributed by atoms with Gasteiger partial charge in [0, 0.05) is 0 Å². The summed E-state index contributed by atoms with van der Waals surface area (Å²) in [5.74, 6) is -0.667. The first kappa shape index (κ1) is 11.3. The van der Waals surface area contributed by atoms with Gasteiger partial charge in [-0.2, -0.15) is 0 Å². The third kappa shape index (κ3) is 2.67. The Bertz CT molecular complexity index is 519. The zero-order valence-corrected chi connectivity index (χ0v) is 9.29. The second-order valence-electron chi connectivity index (χ2n) is 3.73. The molecule has 0 fully saturated rings. The van der Waals surface area contributed by atoms with Crippen molar-refractivity contribution in [3.8, 4) is 0 Å². The van der Waals surface area contributed by atoms with Crippen molar-refractivity contribution in [2.75, 3.05) is 0 Å². The highest BCUT2D eigenvalue weighted by Crippen LogP contribution is 2.05. The minimum Gasteiger partial charge on any atom is -0.288 e. The normalized spacial score (nSPS) is 10.2. The molecule has 1 aromatic carbocycles. The lowest BCUT2D eigenvalue weighted by Crippen LogP contribution is -2.18. The van der Waals surface area contributed by atoms with Gasteiger partial charge in [0.15, 0.2) is 5.69 Å². The summed E-state index contributed by atoms with van der Waals surface area (Å²) in [5.41, 5.74) is 3.85. The van der Waals surface area contributed by atoms with Gasteiger partial charge in [0.05, 0.1) is 12.7 Å². The van der Waals surface area contributed by atoms with Crippen LogP contribution in [0.3, 0.4) is 0 Å². The van der Waals surface area contributed by atoms with E-state index in [2.05, 4.69) is 10.3 Å². The molecule has 0 aliphatic heterocycles. The van der Waals surface area contributed by atoms with Crippen LogP contribution in [-0.4, -0.2) is 26.1 Å². The zero-order valence-electron chi connectivity index (χ0n) is 9.29. The Hall–Kier alpha value is -2.21. The zero-order chi connectivity index (χ0) is 12.3. The van der Waals surface area contributed by atoms with E-state index >= 15 is 0 Å². The molecule has 2 N–H and O–H groups in total. The van der Waals surface area contributed by atoms with Crippen LogP contribution in [0.2, 0.25) is 0 Å². The molecule has 0 unspecified atom stereocenters. The number of hydrogen-bond acceptors (Lipinski definition) is 4. The molecule has 17 heavy (non-hydrogen) atoms. The first-order valence-corrected chi connectivity index (χ1v) is 5.09. The Balaban J connectivity index is 2.11. The molecule has 0 bridgehead atoms. The molecule has 1 aromatic heterocycles. The van der Waals surface area contributed by atoms with Crippen LogP contribution in [0.15, 0.2) is 30.5 Å². The minimum absolute atomic E-state index is 0.0830. The average molecular weight is 232 g/mol. The molecule has 0 aliphatic carbocycles. The fourth-order valence-electron chi connectivity index (χ4n) is 1.42. The molecule has 0 aliphatic rings. The van der Waals surface area contributed by atoms with Gasteiger partial charge in [0.1, 0.15) is 0 Å². The number of nitrogens with zero attached hydrogens (tertiary/aromatic N) is 3. The van der Waals surface area contributed by atoms with E-state index in [1.54, 1.807) is 0 Å². The van der Waals surface area contributed by atoms with Gasteiger partial charge in [-0.3, -0.25) is 10.0 Å². The number of amides is 1. The number of carbonyl (C=O) groups is 1. The van der Waals surface area contributed by atoms with Crippen molar-refractivity contribution in [1.82, 2.24) is 20.5 Å². The number of hydrogen-bond donors (Lipinski definition) is 2. The maximum atomic E-state index is 11.0. The molecule has 0 radical (unpaired) electrons. The molecule has 0 saturated carbocycles. The number of aromatic nitrogens is 3. The van der Waals surface area contributed by atoms with Crippen LogP contribution >= 0.6 is 0 Å². The maximum Gasteiger partial charge on any atom is 0.296 e. The highest BCUT2D eigenvalue weighted by molar-refractivity contribution is 5.90. The molecule has 88 valence electrons. The predicted octanol–water partition coefficient (Wildman–Crippen LogP) is 0.754. The predicted molar refractivity (Wildman–Crippen MR) is 59.6 cm³/mol. The summed E-state index contributed by atoms with van der Waals surface area (Å²) >= 11 is 0. The number of benzene rings is 1. The monoisotopic (exact) mass is 232 g/mol. The highest BCUT2D eigenvalue weighted by Gasteiger charge is 2.09. The van der Waals surface area contributed by atoms with Crippen LogP contribution in [0.1, 0.15) is 21.6 Å². The van der Waals surface area contributed by atoms with Crippen LogP contribution < -0.4 is 5.48 Å². The quantitative estimate of drug-likeness (QED) is 0.604. The lowest BCUT2D eigenvalue weighted by Gasteiger charge is -2.00. The van der Waals surface area contributed by atoms with Crippen molar-refractivity contribution in [1.29, 1.82) is 0 Å². The molecule has 2 aromatic rings. The van der Waals surface area contributed by atoms with Crippen LogP contribution in [-0.2, 0) is 6.54 Å². The van der Waals surface area contributed by atoms with E-state index in [1.165, 1.54) is 21.9 Å². The Morgan fingerprint density at radius 2 is 2.12 bits per heavy atom. The largest absolute Gasteiger partial charge is 0.296 e. The fraction of sp³-hybridized carbons (Fsp3) is 0.182. The second-order valence-corrected chi connectivity index (χ2v) is 3.73. The number of aryl methyl sites for hydroxylation is 1. The van der Waals surface area contributed by atoms with Crippen LogP contribution in [0.5, 0.6) is 0 Å². The van der Waals surface area contributed by atoms with Crippen LogP contribution in [0.4, 0.5) is 0 Å². The Morgan fingerprint density at radius 1 is 1.41 bits per heavy atom. The fourth-order valence-corrected chi connectivity index (χ4v) is 1.42.